The Bertz CT molecular complexity index is 169. The van der Waals surface area contributed by atoms with Gasteiger partial charge in [-0.25, -0.2) is 0 Å². The van der Waals surface area contributed by atoms with E-state index in [1.807, 2.05) is 0 Å². The molecule has 0 bridgehead atoms. The van der Waals surface area contributed by atoms with Crippen LogP contribution in [0.4, 0.5) is 0 Å². The molecule has 0 amide bonds. The molecule has 0 heterocycles. The number of carboxylic acids is 2. The molecule has 0 rings (SSSR count). The number of hydrogen-bond acceptors (Lipinski definition) is 4. The molecular formula is C8H14Cu3O8. The van der Waals surface area contributed by atoms with Gasteiger partial charge in [-0.3, -0.25) is 19.2 Å². The molecule has 0 aliphatic heterocycles. The SMILES string of the molecule is O=CO.O=CO.[CH2-]CC(=O)O.[CH2-]CC(=O)O.[Cu+].[Cu+].[Cu]. The molecule has 8 nitrogen and oxygen atoms in total. The largest absolute Gasteiger partial charge is 1.00 e. The van der Waals surface area contributed by atoms with Gasteiger partial charge in [0, 0.05) is 17.1 Å². The average Bonchev–Trinajstić information content (AvgIpc) is 2.21. The third-order valence-corrected chi connectivity index (χ3v) is 0.428. The normalized spacial score (nSPS) is 5.16. The molecular weight excluding hydrogens is 415 g/mol. The molecule has 0 unspecified atom stereocenters. The van der Waals surface area contributed by atoms with Crippen LogP contribution in [0.1, 0.15) is 12.8 Å². The van der Waals surface area contributed by atoms with Crippen LogP contribution in [-0.2, 0) is 70.4 Å². The summed E-state index contributed by atoms with van der Waals surface area (Å²) in [6.07, 6.45) is -0.0556. The van der Waals surface area contributed by atoms with Crippen molar-refractivity contribution in [3.63, 3.8) is 0 Å². The summed E-state index contributed by atoms with van der Waals surface area (Å²) in [6.45, 7) is 5.67. The van der Waals surface area contributed by atoms with E-state index in [4.69, 9.17) is 30.0 Å². The van der Waals surface area contributed by atoms with E-state index in [-0.39, 0.29) is 77.0 Å². The summed E-state index contributed by atoms with van der Waals surface area (Å²) in [4.78, 5) is 35.3. The summed E-state index contributed by atoms with van der Waals surface area (Å²) in [6, 6.07) is 0. The van der Waals surface area contributed by atoms with Crippen LogP contribution in [0.2, 0.25) is 0 Å². The molecule has 19 heavy (non-hydrogen) atoms. The van der Waals surface area contributed by atoms with Crippen molar-refractivity contribution in [2.24, 2.45) is 0 Å². The van der Waals surface area contributed by atoms with Crippen LogP contribution in [0.5, 0.6) is 0 Å². The van der Waals surface area contributed by atoms with E-state index in [2.05, 4.69) is 13.8 Å². The molecule has 0 aliphatic rings. The minimum atomic E-state index is -0.856. The molecule has 127 valence electrons. The van der Waals surface area contributed by atoms with Gasteiger partial charge in [-0.05, 0) is 0 Å². The van der Waals surface area contributed by atoms with Crippen molar-refractivity contribution in [3.05, 3.63) is 13.8 Å². The fourth-order valence-corrected chi connectivity index (χ4v) is 0. The molecule has 4 N–H and O–H groups in total. The Labute approximate surface area is 142 Å². The predicted octanol–water partition coefficient (Wildman–Crippen LogP) is -0.0155. The van der Waals surface area contributed by atoms with Crippen molar-refractivity contribution in [2.75, 3.05) is 0 Å². The van der Waals surface area contributed by atoms with Gasteiger partial charge in [0.2, 0.25) is 0 Å². The Balaban J connectivity index is -0.0000000197. The molecule has 0 saturated heterocycles. The topological polar surface area (TPSA) is 149 Å². The van der Waals surface area contributed by atoms with Crippen molar-refractivity contribution < 1.29 is 90.8 Å². The molecule has 0 aromatic heterocycles. The van der Waals surface area contributed by atoms with Crippen LogP contribution in [0.25, 0.3) is 0 Å². The first-order valence-corrected chi connectivity index (χ1v) is 3.55. The van der Waals surface area contributed by atoms with Gasteiger partial charge in [-0.1, -0.05) is 12.8 Å². The summed E-state index contributed by atoms with van der Waals surface area (Å²) >= 11 is 0. The van der Waals surface area contributed by atoms with Gasteiger partial charge in [0.05, 0.1) is 0 Å². The second-order valence-corrected chi connectivity index (χ2v) is 1.50. The Hall–Kier alpha value is -0.562. The molecule has 0 atom stereocenters. The zero-order valence-electron chi connectivity index (χ0n) is 9.31. The van der Waals surface area contributed by atoms with E-state index >= 15 is 0 Å². The van der Waals surface area contributed by atoms with Gasteiger partial charge >= 0.3 is 34.1 Å². The van der Waals surface area contributed by atoms with Crippen molar-refractivity contribution in [1.82, 2.24) is 0 Å². The maximum Gasteiger partial charge on any atom is 1.00 e. The molecule has 0 saturated carbocycles. The quantitative estimate of drug-likeness (QED) is 0.272. The minimum Gasteiger partial charge on any atom is -0.483 e. The third-order valence-electron chi connectivity index (χ3n) is 0.428. The van der Waals surface area contributed by atoms with E-state index in [9.17, 15) is 9.59 Å². The maximum atomic E-state index is 9.31. The number of rotatable bonds is 2. The fraction of sp³-hybridized carbons (Fsp3) is 0.250. The van der Waals surface area contributed by atoms with Crippen molar-refractivity contribution in [3.8, 4) is 0 Å². The molecule has 0 fully saturated rings. The van der Waals surface area contributed by atoms with Gasteiger partial charge in [0.25, 0.3) is 24.9 Å². The Morgan fingerprint density at radius 3 is 0.895 bits per heavy atom. The first kappa shape index (κ1) is 42.9. The summed E-state index contributed by atoms with van der Waals surface area (Å²) in [7, 11) is 0. The molecule has 0 spiro atoms. The third kappa shape index (κ3) is 352. The fourth-order valence-electron chi connectivity index (χ4n) is 0. The van der Waals surface area contributed by atoms with Crippen LogP contribution in [0.3, 0.4) is 0 Å². The van der Waals surface area contributed by atoms with E-state index in [1.54, 1.807) is 0 Å². The summed E-state index contributed by atoms with van der Waals surface area (Å²) in [5.41, 5.74) is 0. The summed E-state index contributed by atoms with van der Waals surface area (Å²) < 4.78 is 0. The molecule has 0 aromatic rings. The van der Waals surface area contributed by atoms with Crippen LogP contribution < -0.4 is 0 Å². The number of aliphatic carboxylic acids is 2. The van der Waals surface area contributed by atoms with Gasteiger partial charge in [0.1, 0.15) is 0 Å². The van der Waals surface area contributed by atoms with E-state index < -0.39 is 11.9 Å². The standard InChI is InChI=1S/2C3H5O2.2CH2O2.3Cu/c2*1-2-3(4)5;2*2-1-3;;;/h2*1-2H2,(H,4,5);2*1H,(H,2,3);;;/q2*-1;;;;2*+1. The Kier molecular flexibility index (Phi) is 119. The smallest absolute Gasteiger partial charge is 0.483 e. The van der Waals surface area contributed by atoms with Crippen molar-refractivity contribution in [1.29, 1.82) is 0 Å². The van der Waals surface area contributed by atoms with E-state index in [1.165, 1.54) is 0 Å². The van der Waals surface area contributed by atoms with Crippen LogP contribution >= 0.6 is 0 Å². The van der Waals surface area contributed by atoms with Crippen molar-refractivity contribution >= 4 is 24.9 Å². The van der Waals surface area contributed by atoms with Gasteiger partial charge < -0.3 is 34.3 Å². The molecule has 0 aliphatic carbocycles. The number of hydrogen-bond donors (Lipinski definition) is 4. The predicted molar refractivity (Wildman–Crippen MR) is 52.6 cm³/mol. The van der Waals surface area contributed by atoms with E-state index in [0.29, 0.717) is 0 Å². The zero-order chi connectivity index (χ0) is 14.0. The van der Waals surface area contributed by atoms with Gasteiger partial charge in [0.15, 0.2) is 0 Å². The first-order chi connectivity index (χ1) is 7.37. The second-order valence-electron chi connectivity index (χ2n) is 1.50. The molecule has 11 heteroatoms. The molecule has 0 aromatic carbocycles. The molecule has 1 radical (unpaired) electrons. The number of carbonyl (C=O) groups is 4. The zero-order valence-corrected chi connectivity index (χ0v) is 12.1. The Morgan fingerprint density at radius 2 is 0.895 bits per heavy atom. The summed E-state index contributed by atoms with van der Waals surface area (Å²) in [5, 5.41) is 29.1. The van der Waals surface area contributed by atoms with Gasteiger partial charge in [-0.2, -0.15) is 0 Å². The summed E-state index contributed by atoms with van der Waals surface area (Å²) in [5.74, 6) is -1.71. The second kappa shape index (κ2) is 52.9. The number of carboxylic acid groups (broad SMARTS) is 4. The average molecular weight is 429 g/mol. The minimum absolute atomic E-state index is 0. The Morgan fingerprint density at radius 1 is 0.842 bits per heavy atom. The van der Waals surface area contributed by atoms with Crippen LogP contribution in [-0.4, -0.2) is 45.3 Å². The first-order valence-electron chi connectivity index (χ1n) is 3.55. The monoisotopic (exact) mass is 427 g/mol. The van der Waals surface area contributed by atoms with Gasteiger partial charge in [-0.15, -0.1) is 0 Å². The maximum absolute atomic E-state index is 9.31. The van der Waals surface area contributed by atoms with Crippen LogP contribution in [0.15, 0.2) is 0 Å². The van der Waals surface area contributed by atoms with Crippen LogP contribution in [0, 0.1) is 13.8 Å². The van der Waals surface area contributed by atoms with Crippen molar-refractivity contribution in [2.45, 2.75) is 12.8 Å². The van der Waals surface area contributed by atoms with E-state index in [0.717, 1.165) is 0 Å².